The molecule has 0 unspecified atom stereocenters. The Morgan fingerprint density at radius 2 is 1.71 bits per heavy atom. The van der Waals surface area contributed by atoms with Gasteiger partial charge in [-0.3, -0.25) is 14.8 Å². The Bertz CT molecular complexity index is 1640. The number of aliphatic imine (C=N–C) groups is 1. The van der Waals surface area contributed by atoms with Gasteiger partial charge in [0.1, 0.15) is 5.56 Å². The lowest BCUT2D eigenvalue weighted by Gasteiger charge is -2.10. The normalized spacial score (nSPS) is 14.2. The number of hydrogen-bond donors (Lipinski definition) is 3. The molecule has 0 bridgehead atoms. The molecule has 0 fully saturated rings. The second-order valence-electron chi connectivity index (χ2n) is 8.15. The number of benzene rings is 3. The maximum Gasteiger partial charge on any atom is 0.328 e. The van der Waals surface area contributed by atoms with Gasteiger partial charge in [0.15, 0.2) is 0 Å². The molecule has 0 amide bonds. The average molecular weight is 482 g/mol. The van der Waals surface area contributed by atoms with Gasteiger partial charge in [-0.2, -0.15) is 0 Å². The first kappa shape index (κ1) is 22.4. The number of H-pyrrole nitrogens is 2. The molecule has 0 spiro atoms. The molecule has 2 heterocycles. The standard InChI is InChI=1S/C28H20ClN3O3/c1-16-7-14-23-22(15-16)21(25(30-23)18-5-3-2-4-6-18)13-12-20(17-8-10-19(29)11-9-17)24-26(33)31-28(35)32-27(24)34/h2-15H,1H3,(H3,31,32,33,34,35). The van der Waals surface area contributed by atoms with E-state index in [4.69, 9.17) is 16.6 Å². The lowest BCUT2D eigenvalue weighted by atomic mass is 9.94. The molecule has 5 rings (SSSR count). The summed E-state index contributed by atoms with van der Waals surface area (Å²) in [5.74, 6) is -0.516. The third-order valence-electron chi connectivity index (χ3n) is 5.74. The van der Waals surface area contributed by atoms with Gasteiger partial charge in [-0.05, 0) is 42.3 Å². The van der Waals surface area contributed by atoms with Crippen LogP contribution in [0.25, 0.3) is 11.1 Å². The molecule has 0 atom stereocenters. The summed E-state index contributed by atoms with van der Waals surface area (Å²) in [7, 11) is 0. The summed E-state index contributed by atoms with van der Waals surface area (Å²) in [5, 5.41) is 11.0. The van der Waals surface area contributed by atoms with Crippen molar-refractivity contribution in [3.63, 3.8) is 0 Å². The first-order valence-corrected chi connectivity index (χ1v) is 11.3. The molecule has 35 heavy (non-hydrogen) atoms. The van der Waals surface area contributed by atoms with Crippen molar-refractivity contribution in [3.8, 4) is 5.88 Å². The molecule has 3 aromatic carbocycles. The van der Waals surface area contributed by atoms with E-state index in [0.29, 0.717) is 16.2 Å². The molecule has 172 valence electrons. The van der Waals surface area contributed by atoms with Crippen LogP contribution in [0.3, 0.4) is 0 Å². The zero-order valence-corrected chi connectivity index (χ0v) is 19.4. The van der Waals surface area contributed by atoms with Crippen LogP contribution in [0.4, 0.5) is 5.69 Å². The highest BCUT2D eigenvalue weighted by molar-refractivity contribution is 6.36. The number of nitrogens with zero attached hydrogens (tertiary/aromatic N) is 1. The van der Waals surface area contributed by atoms with Gasteiger partial charge in [-0.1, -0.05) is 77.8 Å². The van der Waals surface area contributed by atoms with Gasteiger partial charge in [-0.15, -0.1) is 0 Å². The van der Waals surface area contributed by atoms with E-state index >= 15 is 0 Å². The third-order valence-corrected chi connectivity index (χ3v) is 5.99. The van der Waals surface area contributed by atoms with E-state index in [1.165, 1.54) is 0 Å². The maximum atomic E-state index is 12.7. The average Bonchev–Trinajstić information content (AvgIpc) is 3.19. The molecular weight excluding hydrogens is 462 g/mol. The molecule has 1 aliphatic rings. The summed E-state index contributed by atoms with van der Waals surface area (Å²) in [6, 6.07) is 22.8. The van der Waals surface area contributed by atoms with Crippen LogP contribution in [0.2, 0.25) is 5.02 Å². The number of aromatic amines is 2. The second-order valence-corrected chi connectivity index (χ2v) is 8.58. The minimum absolute atomic E-state index is 0.0514. The molecule has 7 heteroatoms. The highest BCUT2D eigenvalue weighted by atomic mass is 35.5. The number of aromatic hydroxyl groups is 1. The smallest absolute Gasteiger partial charge is 0.328 e. The van der Waals surface area contributed by atoms with Gasteiger partial charge in [0.2, 0.25) is 5.88 Å². The fourth-order valence-electron chi connectivity index (χ4n) is 4.10. The lowest BCUT2D eigenvalue weighted by molar-refractivity contribution is 0.446. The van der Waals surface area contributed by atoms with E-state index in [2.05, 4.69) is 16.0 Å². The number of rotatable bonds is 4. The Hall–Kier alpha value is -4.42. The van der Waals surface area contributed by atoms with E-state index in [9.17, 15) is 14.7 Å². The van der Waals surface area contributed by atoms with Crippen LogP contribution in [0.5, 0.6) is 5.88 Å². The van der Waals surface area contributed by atoms with Crippen molar-refractivity contribution in [2.45, 2.75) is 6.92 Å². The quantitative estimate of drug-likeness (QED) is 0.365. The molecule has 1 aromatic heterocycles. The number of fused-ring (bicyclic) bond motifs is 1. The van der Waals surface area contributed by atoms with Crippen LogP contribution in [0, 0.1) is 6.92 Å². The fraction of sp³-hybridized carbons (Fsp3) is 0.0357. The topological polar surface area (TPSA) is 98.3 Å². The maximum absolute atomic E-state index is 12.7. The Balaban J connectivity index is 1.75. The van der Waals surface area contributed by atoms with Crippen molar-refractivity contribution in [3.05, 3.63) is 139 Å². The second kappa shape index (κ2) is 9.08. The van der Waals surface area contributed by atoms with Crippen LogP contribution in [-0.2, 0) is 0 Å². The number of hydrogen-bond acceptors (Lipinski definition) is 4. The molecule has 0 saturated carbocycles. The molecule has 0 radical (unpaired) electrons. The Labute approximate surface area is 205 Å². The molecule has 6 nitrogen and oxygen atoms in total. The van der Waals surface area contributed by atoms with Crippen LogP contribution in [0.15, 0.2) is 99.5 Å². The summed E-state index contributed by atoms with van der Waals surface area (Å²) < 4.78 is 0. The monoisotopic (exact) mass is 481 g/mol. The van der Waals surface area contributed by atoms with Gasteiger partial charge in [0.05, 0.1) is 11.4 Å². The minimum atomic E-state index is -0.788. The van der Waals surface area contributed by atoms with Gasteiger partial charge < -0.3 is 5.11 Å². The largest absolute Gasteiger partial charge is 0.494 e. The van der Waals surface area contributed by atoms with Crippen molar-refractivity contribution < 1.29 is 5.11 Å². The molecule has 1 aliphatic heterocycles. The highest BCUT2D eigenvalue weighted by Crippen LogP contribution is 2.38. The van der Waals surface area contributed by atoms with Crippen molar-refractivity contribution in [1.29, 1.82) is 0 Å². The first-order valence-electron chi connectivity index (χ1n) is 10.9. The van der Waals surface area contributed by atoms with E-state index in [0.717, 1.165) is 33.7 Å². The van der Waals surface area contributed by atoms with Crippen molar-refractivity contribution in [1.82, 2.24) is 9.97 Å². The SMILES string of the molecule is Cc1ccc2c(c1)C(=CC=C(c1ccc(Cl)cc1)c1c(O)[nH]c(=O)[nH]c1=O)C(c1ccccc1)=N2. The van der Waals surface area contributed by atoms with Gasteiger partial charge in [0, 0.05) is 21.7 Å². The Morgan fingerprint density at radius 1 is 0.971 bits per heavy atom. The molecule has 0 saturated heterocycles. The van der Waals surface area contributed by atoms with Crippen LogP contribution < -0.4 is 11.2 Å². The number of halogens is 1. The molecule has 4 aromatic rings. The summed E-state index contributed by atoms with van der Waals surface area (Å²) in [6.45, 7) is 2.02. The first-order chi connectivity index (χ1) is 16.9. The molecule has 3 N–H and O–H groups in total. The van der Waals surface area contributed by atoms with Crippen molar-refractivity contribution in [2.24, 2.45) is 4.99 Å². The van der Waals surface area contributed by atoms with Gasteiger partial charge >= 0.3 is 5.69 Å². The predicted octanol–water partition coefficient (Wildman–Crippen LogP) is 5.38. The zero-order chi connectivity index (χ0) is 24.5. The molecule has 0 aliphatic carbocycles. The number of allylic oxidation sites excluding steroid dienone is 3. The van der Waals surface area contributed by atoms with Crippen molar-refractivity contribution >= 4 is 34.1 Å². The summed E-state index contributed by atoms with van der Waals surface area (Å²) in [5.41, 5.74) is 5.06. The number of aromatic nitrogens is 2. The van der Waals surface area contributed by atoms with E-state index < -0.39 is 17.1 Å². The fourth-order valence-corrected chi connectivity index (χ4v) is 4.23. The van der Waals surface area contributed by atoms with E-state index in [-0.39, 0.29) is 5.56 Å². The Morgan fingerprint density at radius 3 is 2.43 bits per heavy atom. The minimum Gasteiger partial charge on any atom is -0.494 e. The van der Waals surface area contributed by atoms with Gasteiger partial charge in [0.25, 0.3) is 5.56 Å². The van der Waals surface area contributed by atoms with Gasteiger partial charge in [-0.25, -0.2) is 9.79 Å². The summed E-state index contributed by atoms with van der Waals surface area (Å²) >= 11 is 6.07. The Kier molecular flexibility index (Phi) is 5.81. The van der Waals surface area contributed by atoms with Crippen molar-refractivity contribution in [2.75, 3.05) is 0 Å². The zero-order valence-electron chi connectivity index (χ0n) is 18.7. The summed E-state index contributed by atoms with van der Waals surface area (Å²) in [6.07, 6.45) is 3.63. The lowest BCUT2D eigenvalue weighted by Crippen LogP contribution is -2.24. The van der Waals surface area contributed by atoms with Crippen LogP contribution >= 0.6 is 11.6 Å². The van der Waals surface area contributed by atoms with E-state index in [1.807, 2.05) is 55.5 Å². The molecular formula is C28H20ClN3O3. The summed E-state index contributed by atoms with van der Waals surface area (Å²) in [4.78, 5) is 33.7. The predicted molar refractivity (Wildman–Crippen MR) is 140 cm³/mol. The third kappa shape index (κ3) is 4.39. The van der Waals surface area contributed by atoms with E-state index in [1.54, 1.807) is 30.3 Å². The number of nitrogens with one attached hydrogen (secondary N) is 2. The highest BCUT2D eigenvalue weighted by Gasteiger charge is 2.22. The van der Waals surface area contributed by atoms with Crippen LogP contribution in [0.1, 0.15) is 27.8 Å². The number of aryl methyl sites for hydroxylation is 1. The van der Waals surface area contributed by atoms with Crippen LogP contribution in [-0.4, -0.2) is 20.8 Å².